The molecule has 15 aromatic rings. The fourth-order valence-electron chi connectivity index (χ4n) is 16.0. The van der Waals surface area contributed by atoms with E-state index in [1.54, 1.807) is 36.8 Å². The van der Waals surface area contributed by atoms with Crippen LogP contribution in [0.3, 0.4) is 0 Å². The minimum atomic E-state index is -4.43. The topological polar surface area (TPSA) is 450 Å². The molecule has 36 nitrogen and oxygen atoms in total. The molecule has 0 aliphatic carbocycles. The van der Waals surface area contributed by atoms with E-state index in [1.165, 1.54) is 78.1 Å². The maximum atomic E-state index is 14.3. The lowest BCUT2D eigenvalue weighted by Crippen LogP contribution is -2.26. The van der Waals surface area contributed by atoms with Gasteiger partial charge in [-0.25, -0.2) is 107 Å². The molecule has 4 saturated heterocycles. The van der Waals surface area contributed by atoms with Gasteiger partial charge in [-0.1, -0.05) is 23.2 Å². The van der Waals surface area contributed by atoms with E-state index in [-0.39, 0.29) is 84.8 Å². The number of hydrogen-bond acceptors (Lipinski definition) is 33. The van der Waals surface area contributed by atoms with Crippen LogP contribution in [-0.2, 0) is 59.0 Å². The Labute approximate surface area is 834 Å². The van der Waals surface area contributed by atoms with Gasteiger partial charge in [0.25, 0.3) is 30.1 Å². The lowest BCUT2D eigenvalue weighted by molar-refractivity contribution is 0.0259. The lowest BCUT2D eigenvalue weighted by Gasteiger charge is -2.24. The minimum Gasteiger partial charge on any atom is -0.488 e. The smallest absolute Gasteiger partial charge is 0.271 e. The van der Waals surface area contributed by atoms with Crippen LogP contribution < -0.4 is 56.8 Å². The molecule has 19 rings (SSSR count). The summed E-state index contributed by atoms with van der Waals surface area (Å²) in [5.41, 5.74) is 11.9. The lowest BCUT2D eigenvalue weighted by atomic mass is 10.0. The summed E-state index contributed by atoms with van der Waals surface area (Å²) in [6.45, 7) is 12.7. The standard InChI is InChI=1S/C26H24ClFN4O5S.C26H24F2N4O5S.C24H23ClN4O5S2.C21H24N4O5S/c1-15-20-9-16(11-23(25(20)31-14-30-15)37-19-5-7-36-8-6-19)17-10-22(26(35-2)29-13-17)32-38(33,34)24-4-3-18(28)12-21(24)27;1-15-20-9-16(11-23(25(20)31-14-30-15)37-19-5-7-36-8-6-19)17-10-22(26(35-2)29-13-17)32-38(33,34)24-4-3-18(27)12-21(24)28;1-14-18-9-15(11-20(23(18)28-13-27-14)34-17-5-7-33-8-6-17)16-10-19(24(32-2)26-12-16)29-36(30,31)22-4-3-21(25)35-22;1-13-17-8-14(15-9-18(25-31(3,26)27)21(28-2)22-11-15)10-19(20(17)24-12-23-13)30-16-4-6-29-7-5-16/h2*3-4,9-14,19,32H,5-8H2,1-2H3;3-4,9-13,17,29H,5-8H2,1-2H3;8-12,16,25H,4-7H2,1-3H3. The van der Waals surface area contributed by atoms with Gasteiger partial charge >= 0.3 is 0 Å². The highest BCUT2D eigenvalue weighted by Gasteiger charge is 2.31. The average Bonchev–Trinajstić information content (AvgIpc) is 1.06. The third kappa shape index (κ3) is 24.9. The number of methoxy groups -OCH3 is 4. The highest BCUT2D eigenvalue weighted by Crippen LogP contribution is 2.44. The van der Waals surface area contributed by atoms with E-state index >= 15 is 0 Å². The number of anilines is 4. The van der Waals surface area contributed by atoms with Crippen molar-refractivity contribution >= 4 is 141 Å². The van der Waals surface area contributed by atoms with Gasteiger partial charge in [-0.15, -0.1) is 11.3 Å². The third-order valence-electron chi connectivity index (χ3n) is 23.2. The third-order valence-corrected chi connectivity index (χ3v) is 30.1. The van der Waals surface area contributed by atoms with Crippen molar-refractivity contribution in [1.29, 1.82) is 0 Å². The number of sulfonamides is 4. The zero-order chi connectivity index (χ0) is 101. The highest BCUT2D eigenvalue weighted by atomic mass is 35.5. The fourth-order valence-corrected chi connectivity index (χ4v) is 21.7. The molecule has 0 amide bonds. The Balaban J connectivity index is 0.000000137. The van der Waals surface area contributed by atoms with Crippen LogP contribution >= 0.6 is 34.5 Å². The van der Waals surface area contributed by atoms with Crippen LogP contribution in [0, 0.1) is 45.1 Å². The van der Waals surface area contributed by atoms with Gasteiger partial charge in [-0.2, -0.15) is 0 Å². The minimum absolute atomic E-state index is 0.0152. The fraction of sp³-hybridized carbons (Fsp3) is 0.299. The van der Waals surface area contributed by atoms with Crippen LogP contribution in [0.25, 0.3) is 88.1 Å². The highest BCUT2D eigenvalue weighted by molar-refractivity contribution is 7.95. The summed E-state index contributed by atoms with van der Waals surface area (Å²) in [7, 11) is -10.4. The Kier molecular flexibility index (Phi) is 32.3. The molecule has 13 heterocycles. The number of rotatable bonds is 27. The Morgan fingerprint density at radius 1 is 0.336 bits per heavy atom. The average molecular weight is 2090 g/mol. The molecule has 0 spiro atoms. The van der Waals surface area contributed by atoms with E-state index in [4.69, 9.17) is 80.0 Å². The maximum Gasteiger partial charge on any atom is 0.271 e. The summed E-state index contributed by atoms with van der Waals surface area (Å²) < 4.78 is 221. The Hall–Kier alpha value is -13.4. The van der Waals surface area contributed by atoms with Crippen molar-refractivity contribution in [2.24, 2.45) is 0 Å². The molecule has 0 saturated carbocycles. The Morgan fingerprint density at radius 3 is 0.902 bits per heavy atom. The summed E-state index contributed by atoms with van der Waals surface area (Å²) in [5, 5.41) is 3.00. The number of aromatic nitrogens is 12. The van der Waals surface area contributed by atoms with Gasteiger partial charge in [0.15, 0.2) is 0 Å². The zero-order valence-corrected chi connectivity index (χ0v) is 83.8. The number of fused-ring (bicyclic) bond motifs is 4. The van der Waals surface area contributed by atoms with Gasteiger partial charge in [-0.3, -0.25) is 18.9 Å². The summed E-state index contributed by atoms with van der Waals surface area (Å²) in [6, 6.07) is 29.8. The summed E-state index contributed by atoms with van der Waals surface area (Å²) in [5.74, 6) is 0.0177. The second kappa shape index (κ2) is 45.0. The largest absolute Gasteiger partial charge is 0.488 e. The number of hydrogen-bond donors (Lipinski definition) is 4. The van der Waals surface area contributed by atoms with Crippen molar-refractivity contribution in [1.82, 2.24) is 59.8 Å². The van der Waals surface area contributed by atoms with Gasteiger partial charge in [0, 0.05) is 149 Å². The Morgan fingerprint density at radius 2 is 0.622 bits per heavy atom. The number of nitrogens with zero attached hydrogens (tertiary/aromatic N) is 12. The van der Waals surface area contributed by atoms with Crippen molar-refractivity contribution in [3.8, 4) is 91.0 Å². The number of benzene rings is 6. The van der Waals surface area contributed by atoms with Crippen LogP contribution in [0.15, 0.2) is 185 Å². The molecule has 9 aromatic heterocycles. The normalized spacial score (nSPS) is 14.6. The molecule has 4 N–H and O–H groups in total. The molecule has 0 unspecified atom stereocenters. The monoisotopic (exact) mass is 2090 g/mol. The van der Waals surface area contributed by atoms with Crippen LogP contribution in [0.1, 0.15) is 74.1 Å². The van der Waals surface area contributed by atoms with Crippen molar-refractivity contribution in [3.63, 3.8) is 0 Å². The molecule has 4 aliphatic rings. The van der Waals surface area contributed by atoms with Crippen molar-refractivity contribution in [3.05, 3.63) is 221 Å². The number of ether oxygens (including phenoxy) is 12. The molecule has 4 fully saturated rings. The van der Waals surface area contributed by atoms with Crippen molar-refractivity contribution in [2.75, 3.05) is 106 Å². The molecule has 46 heteroatoms. The van der Waals surface area contributed by atoms with E-state index in [2.05, 4.69) is 78.7 Å². The quantitative estimate of drug-likeness (QED) is 0.0371. The molecule has 4 aliphatic heterocycles. The number of halogens is 5. The molecule has 143 heavy (non-hydrogen) atoms. The number of aryl methyl sites for hydroxylation is 4. The van der Waals surface area contributed by atoms with E-state index < -0.39 is 62.4 Å². The van der Waals surface area contributed by atoms with Gasteiger partial charge < -0.3 is 56.8 Å². The van der Waals surface area contributed by atoms with Gasteiger partial charge in [0.05, 0.1) is 96.9 Å². The maximum absolute atomic E-state index is 14.3. The van der Waals surface area contributed by atoms with Gasteiger partial charge in [0.1, 0.15) is 149 Å². The molecule has 6 aromatic carbocycles. The first-order valence-corrected chi connectivity index (χ1v) is 52.5. The summed E-state index contributed by atoms with van der Waals surface area (Å²) in [6.07, 6.45) is 19.6. The predicted octanol–water partition coefficient (Wildman–Crippen LogP) is 17.8. The second-order valence-corrected chi connectivity index (χ2v) is 42.1. The number of thiophene rings is 1. The first-order valence-electron chi connectivity index (χ1n) is 44.6. The molecule has 0 atom stereocenters. The van der Waals surface area contributed by atoms with Crippen LogP contribution in [0.2, 0.25) is 9.36 Å². The zero-order valence-electron chi connectivity index (χ0n) is 78.3. The molecule has 0 radical (unpaired) electrons. The van der Waals surface area contributed by atoms with Crippen molar-refractivity contribution < 1.29 is 104 Å². The summed E-state index contributed by atoms with van der Waals surface area (Å²) in [4.78, 5) is 51.2. The number of nitrogens with one attached hydrogen (secondary N) is 4. The van der Waals surface area contributed by atoms with Crippen LogP contribution in [0.4, 0.5) is 35.9 Å². The number of pyridine rings is 4. The first kappa shape index (κ1) is 102. The van der Waals surface area contributed by atoms with E-state index in [1.807, 2.05) is 76.2 Å². The van der Waals surface area contributed by atoms with E-state index in [0.717, 1.165) is 166 Å². The molecule has 0 bridgehead atoms. The van der Waals surface area contributed by atoms with Crippen LogP contribution in [0.5, 0.6) is 46.5 Å². The summed E-state index contributed by atoms with van der Waals surface area (Å²) >= 11 is 12.9. The first-order chi connectivity index (χ1) is 68.7. The van der Waals surface area contributed by atoms with Gasteiger partial charge in [-0.05, 0) is 165 Å². The van der Waals surface area contributed by atoms with E-state index in [9.17, 15) is 46.8 Å². The van der Waals surface area contributed by atoms with Gasteiger partial charge in [0.2, 0.25) is 33.5 Å². The SMILES string of the molecule is COc1ncc(-c2cc(OC3CCOCC3)c3ncnc(C)c3c2)cc1NS(=O)(=O)c1ccc(Cl)s1.COc1ncc(-c2cc(OC3CCOCC3)c3ncnc(C)c3c2)cc1NS(=O)(=O)c1ccc(F)cc1Cl.COc1ncc(-c2cc(OC3CCOCC3)c3ncnc(C)c3c2)cc1NS(=O)(=O)c1ccc(F)cc1F.COc1ncc(-c2cc(OC3CCOCC3)c3ncnc(C)c3c2)cc1NS(C)(=O)=O. The predicted molar refractivity (Wildman–Crippen MR) is 532 cm³/mol. The molecular weight excluding hydrogens is 2000 g/mol. The Bertz CT molecular complexity index is 7520. The molecule has 748 valence electrons. The van der Waals surface area contributed by atoms with Crippen molar-refractivity contribution in [2.45, 2.75) is 117 Å². The molecular formula is C97H95Cl2F3N16O20S5. The van der Waals surface area contributed by atoms with Crippen LogP contribution in [-0.4, -0.2) is 205 Å². The van der Waals surface area contributed by atoms with E-state index in [0.29, 0.717) is 131 Å². The second-order valence-electron chi connectivity index (χ2n) is 33.1.